The Bertz CT molecular complexity index is 1300. The Morgan fingerprint density at radius 2 is 2.00 bits per heavy atom. The number of nitrogens with two attached hydrogens (primary N) is 1. The smallest absolute Gasteiger partial charge is 0.249 e. The summed E-state index contributed by atoms with van der Waals surface area (Å²) in [5.41, 5.74) is 12.4. The summed E-state index contributed by atoms with van der Waals surface area (Å²) in [6, 6.07) is 7.11. The second-order valence-electron chi connectivity index (χ2n) is 10.5. The quantitative estimate of drug-likeness (QED) is 0.638. The van der Waals surface area contributed by atoms with Gasteiger partial charge in [-0.1, -0.05) is 30.4 Å². The molecule has 5 nitrogen and oxygen atoms in total. The van der Waals surface area contributed by atoms with Crippen molar-refractivity contribution in [1.29, 1.82) is 0 Å². The van der Waals surface area contributed by atoms with Crippen LogP contribution in [0.25, 0.3) is 16.7 Å². The molecule has 0 bridgehead atoms. The van der Waals surface area contributed by atoms with Crippen molar-refractivity contribution in [2.75, 3.05) is 6.54 Å². The number of amides is 2. The van der Waals surface area contributed by atoms with Gasteiger partial charge in [0.1, 0.15) is 5.82 Å². The average molecular weight is 475 g/mol. The maximum Gasteiger partial charge on any atom is 0.249 e. The molecule has 0 aromatic heterocycles. The Labute approximate surface area is 205 Å². The third-order valence-electron chi connectivity index (χ3n) is 8.03. The minimum Gasteiger partial charge on any atom is -0.390 e. The molecule has 6 heteroatoms. The molecule has 1 aliphatic heterocycles. The van der Waals surface area contributed by atoms with Crippen LogP contribution in [0.4, 0.5) is 4.39 Å². The number of fused-ring (bicyclic) bond motifs is 3. The van der Waals surface area contributed by atoms with Gasteiger partial charge in [0.05, 0.1) is 5.60 Å². The minimum absolute atomic E-state index is 0.110. The molecule has 1 atom stereocenters. The van der Waals surface area contributed by atoms with E-state index in [-0.39, 0.29) is 17.4 Å². The predicted octanol–water partition coefficient (Wildman–Crippen LogP) is 4.54. The largest absolute Gasteiger partial charge is 0.390 e. The van der Waals surface area contributed by atoms with Crippen LogP contribution in [-0.2, 0) is 24.2 Å². The molecule has 1 heterocycles. The fraction of sp³-hybridized carbons (Fsp3) is 0.379. The Kier molecular flexibility index (Phi) is 5.67. The highest BCUT2D eigenvalue weighted by atomic mass is 19.1. The van der Waals surface area contributed by atoms with E-state index in [1.165, 1.54) is 17.7 Å². The molecule has 2 aromatic rings. The van der Waals surface area contributed by atoms with Crippen LogP contribution >= 0.6 is 0 Å². The normalized spacial score (nSPS) is 19.2. The van der Waals surface area contributed by atoms with Gasteiger partial charge >= 0.3 is 0 Å². The first kappa shape index (κ1) is 23.5. The SMILES string of the molecule is C=CC(=O)N1CCc2c(cccc2-c2c(F)cc(C(N)=O)c3c2C2=C(C3)CC(C(C)(C)O)CC2)C1. The summed E-state index contributed by atoms with van der Waals surface area (Å²) in [6.45, 7) is 8.26. The lowest BCUT2D eigenvalue weighted by molar-refractivity contribution is -0.126. The number of halogens is 1. The van der Waals surface area contributed by atoms with Crippen LogP contribution < -0.4 is 5.73 Å². The molecule has 0 spiro atoms. The van der Waals surface area contributed by atoms with Gasteiger partial charge in [-0.3, -0.25) is 9.59 Å². The number of carbonyl (C=O) groups is 2. The number of aliphatic hydroxyl groups is 1. The summed E-state index contributed by atoms with van der Waals surface area (Å²) < 4.78 is 15.9. The maximum absolute atomic E-state index is 15.9. The molecule has 0 radical (unpaired) electrons. The third kappa shape index (κ3) is 3.90. The van der Waals surface area contributed by atoms with Gasteiger partial charge in [0.15, 0.2) is 0 Å². The molecule has 3 N–H and O–H groups in total. The highest BCUT2D eigenvalue weighted by molar-refractivity contribution is 6.00. The topological polar surface area (TPSA) is 83.6 Å². The van der Waals surface area contributed by atoms with E-state index in [0.29, 0.717) is 31.5 Å². The Morgan fingerprint density at radius 1 is 1.23 bits per heavy atom. The number of nitrogens with zero attached hydrogens (tertiary/aromatic N) is 1. The lowest BCUT2D eigenvalue weighted by Gasteiger charge is -2.34. The molecule has 2 aromatic carbocycles. The lowest BCUT2D eigenvalue weighted by Crippen LogP contribution is -2.35. The van der Waals surface area contributed by atoms with Gasteiger partial charge in [0, 0.05) is 24.2 Å². The van der Waals surface area contributed by atoms with E-state index in [1.54, 1.807) is 4.90 Å². The summed E-state index contributed by atoms with van der Waals surface area (Å²) in [7, 11) is 0. The molecule has 35 heavy (non-hydrogen) atoms. The first-order chi connectivity index (χ1) is 16.6. The van der Waals surface area contributed by atoms with Crippen molar-refractivity contribution < 1.29 is 19.1 Å². The highest BCUT2D eigenvalue weighted by Crippen LogP contribution is 2.51. The Morgan fingerprint density at radius 3 is 2.69 bits per heavy atom. The first-order valence-corrected chi connectivity index (χ1v) is 12.2. The molecule has 2 amide bonds. The summed E-state index contributed by atoms with van der Waals surface area (Å²) in [6.07, 6.45) is 4.74. The molecule has 182 valence electrons. The monoisotopic (exact) mass is 474 g/mol. The zero-order valence-corrected chi connectivity index (χ0v) is 20.3. The predicted molar refractivity (Wildman–Crippen MR) is 134 cm³/mol. The number of hydrogen-bond donors (Lipinski definition) is 2. The van der Waals surface area contributed by atoms with Crippen LogP contribution in [0.5, 0.6) is 0 Å². The summed E-state index contributed by atoms with van der Waals surface area (Å²) >= 11 is 0. The molecule has 1 unspecified atom stereocenters. The van der Waals surface area contributed by atoms with E-state index < -0.39 is 17.3 Å². The molecule has 0 saturated carbocycles. The number of hydrogen-bond acceptors (Lipinski definition) is 3. The van der Waals surface area contributed by atoms with E-state index in [1.807, 2.05) is 32.0 Å². The molecular weight excluding hydrogens is 443 g/mol. The standard InChI is InChI=1S/C29H31FN2O3/c1-4-25(33)32-11-10-19-16(15-32)6-5-7-21(19)27-24(30)14-23(28(31)34)22-13-17-12-18(29(2,3)35)8-9-20(17)26(22)27/h4-7,14,18,35H,1,8-13,15H2,2-3H3,(H2,31,34). The van der Waals surface area contributed by atoms with E-state index in [0.717, 1.165) is 52.7 Å². The van der Waals surface area contributed by atoms with Crippen LogP contribution in [0, 0.1) is 11.7 Å². The number of benzene rings is 2. The van der Waals surface area contributed by atoms with Crippen LogP contribution in [0.2, 0.25) is 0 Å². The zero-order chi connectivity index (χ0) is 25.1. The van der Waals surface area contributed by atoms with Crippen molar-refractivity contribution in [3.8, 4) is 11.1 Å². The molecule has 5 rings (SSSR count). The van der Waals surface area contributed by atoms with Crippen LogP contribution in [0.15, 0.2) is 42.5 Å². The lowest BCUT2D eigenvalue weighted by atomic mass is 9.75. The maximum atomic E-state index is 15.9. The van der Waals surface area contributed by atoms with Gasteiger partial charge < -0.3 is 15.7 Å². The number of carbonyl (C=O) groups excluding carboxylic acids is 2. The number of allylic oxidation sites excluding steroid dienone is 2. The van der Waals surface area contributed by atoms with Gasteiger partial charge in [-0.05, 0) is 97.4 Å². The second kappa shape index (κ2) is 8.45. The highest BCUT2D eigenvalue weighted by Gasteiger charge is 2.38. The fourth-order valence-corrected chi connectivity index (χ4v) is 6.17. The van der Waals surface area contributed by atoms with Crippen molar-refractivity contribution >= 4 is 17.4 Å². The van der Waals surface area contributed by atoms with Crippen molar-refractivity contribution in [3.63, 3.8) is 0 Å². The van der Waals surface area contributed by atoms with Crippen molar-refractivity contribution in [2.45, 2.75) is 58.1 Å². The Balaban J connectivity index is 1.67. The molecule has 0 saturated heterocycles. The van der Waals surface area contributed by atoms with Gasteiger partial charge in [0.25, 0.3) is 0 Å². The molecular formula is C29H31FN2O3. The fourth-order valence-electron chi connectivity index (χ4n) is 6.17. The number of rotatable bonds is 4. The molecule has 3 aliphatic rings. The molecule has 2 aliphatic carbocycles. The number of primary amides is 1. The Hall–Kier alpha value is -3.25. The van der Waals surface area contributed by atoms with Crippen LogP contribution in [0.1, 0.15) is 65.7 Å². The third-order valence-corrected chi connectivity index (χ3v) is 8.03. The van der Waals surface area contributed by atoms with Crippen LogP contribution in [0.3, 0.4) is 0 Å². The summed E-state index contributed by atoms with van der Waals surface area (Å²) in [4.78, 5) is 26.2. The van der Waals surface area contributed by atoms with Gasteiger partial charge in [-0.25, -0.2) is 4.39 Å². The first-order valence-electron chi connectivity index (χ1n) is 12.2. The van der Waals surface area contributed by atoms with Gasteiger partial charge in [-0.15, -0.1) is 0 Å². The van der Waals surface area contributed by atoms with Gasteiger partial charge in [-0.2, -0.15) is 0 Å². The van der Waals surface area contributed by atoms with Crippen molar-refractivity contribution in [1.82, 2.24) is 4.90 Å². The van der Waals surface area contributed by atoms with E-state index >= 15 is 4.39 Å². The average Bonchev–Trinajstić information content (AvgIpc) is 3.20. The zero-order valence-electron chi connectivity index (χ0n) is 20.3. The minimum atomic E-state index is -0.804. The second-order valence-corrected chi connectivity index (χ2v) is 10.5. The summed E-state index contributed by atoms with van der Waals surface area (Å²) in [5, 5.41) is 10.6. The van der Waals surface area contributed by atoms with Crippen molar-refractivity contribution in [2.24, 2.45) is 11.7 Å². The van der Waals surface area contributed by atoms with Gasteiger partial charge in [0.2, 0.25) is 11.8 Å². The van der Waals surface area contributed by atoms with Crippen LogP contribution in [-0.4, -0.2) is 34.0 Å². The summed E-state index contributed by atoms with van der Waals surface area (Å²) in [5.74, 6) is -1.08. The van der Waals surface area contributed by atoms with E-state index in [4.69, 9.17) is 5.73 Å². The molecule has 0 fully saturated rings. The van der Waals surface area contributed by atoms with E-state index in [2.05, 4.69) is 6.58 Å². The van der Waals surface area contributed by atoms with E-state index in [9.17, 15) is 14.7 Å². The van der Waals surface area contributed by atoms with Crippen molar-refractivity contribution in [3.05, 3.63) is 76.1 Å².